The molecule has 0 bridgehead atoms. The van der Waals surface area contributed by atoms with Crippen molar-refractivity contribution in [3.8, 4) is 0 Å². The van der Waals surface area contributed by atoms with Gasteiger partial charge >= 0.3 is 5.76 Å². The van der Waals surface area contributed by atoms with Crippen LogP contribution in [0.3, 0.4) is 0 Å². The minimum atomic E-state index is -0.565. The van der Waals surface area contributed by atoms with E-state index in [0.717, 1.165) is 0 Å². The van der Waals surface area contributed by atoms with Crippen molar-refractivity contribution in [2.24, 2.45) is 0 Å². The Balaban J connectivity index is 1.51. The quantitative estimate of drug-likeness (QED) is 0.601. The number of carbonyl (C=O) groups is 2. The molecule has 1 heterocycles. The molecule has 9 heteroatoms. The largest absolute Gasteiger partial charge is 0.417 e. The number of oxazole rings is 1. The van der Waals surface area contributed by atoms with Crippen LogP contribution in [0.25, 0.3) is 11.1 Å². The summed E-state index contributed by atoms with van der Waals surface area (Å²) in [5.74, 6) is -1.45. The number of anilines is 2. The van der Waals surface area contributed by atoms with Crippen LogP contribution in [0.1, 0.15) is 6.92 Å². The monoisotopic (exact) mass is 389 g/mol. The maximum atomic E-state index is 12.8. The van der Waals surface area contributed by atoms with E-state index in [9.17, 15) is 18.8 Å². The molecule has 1 aromatic heterocycles. The number of benzene rings is 2. The number of fused-ring (bicyclic) bond motifs is 1. The van der Waals surface area contributed by atoms with Gasteiger partial charge in [0.1, 0.15) is 5.82 Å². The average Bonchev–Trinajstić information content (AvgIpc) is 3.01. The first kappa shape index (κ1) is 18.7. The third-order valence-corrected chi connectivity index (χ3v) is 4.79. The smallest absolute Gasteiger partial charge is 0.408 e. The van der Waals surface area contributed by atoms with Gasteiger partial charge in [-0.2, -0.15) is 0 Å². The first-order valence-electron chi connectivity index (χ1n) is 8.01. The summed E-state index contributed by atoms with van der Waals surface area (Å²) in [4.78, 5) is 37.9. The number of H-pyrrole nitrogens is 1. The highest BCUT2D eigenvalue weighted by Gasteiger charge is 2.16. The lowest BCUT2D eigenvalue weighted by molar-refractivity contribution is -0.115. The molecule has 0 spiro atoms. The van der Waals surface area contributed by atoms with Crippen LogP contribution in [-0.2, 0) is 9.59 Å². The predicted molar refractivity (Wildman–Crippen MR) is 102 cm³/mol. The number of aromatic nitrogens is 1. The Hall–Kier alpha value is -3.07. The van der Waals surface area contributed by atoms with Gasteiger partial charge in [-0.15, -0.1) is 11.8 Å². The average molecular weight is 389 g/mol. The Morgan fingerprint density at radius 1 is 1.15 bits per heavy atom. The van der Waals surface area contributed by atoms with E-state index < -0.39 is 11.0 Å². The van der Waals surface area contributed by atoms with Crippen LogP contribution < -0.4 is 16.4 Å². The van der Waals surface area contributed by atoms with Crippen LogP contribution in [0.15, 0.2) is 51.7 Å². The van der Waals surface area contributed by atoms with E-state index in [1.165, 1.54) is 36.0 Å². The van der Waals surface area contributed by atoms with Gasteiger partial charge in [0.2, 0.25) is 11.8 Å². The van der Waals surface area contributed by atoms with Gasteiger partial charge in [0.05, 0.1) is 16.5 Å². The summed E-state index contributed by atoms with van der Waals surface area (Å²) in [6.45, 7) is 1.68. The maximum Gasteiger partial charge on any atom is 0.417 e. The lowest BCUT2D eigenvalue weighted by Gasteiger charge is -2.12. The molecule has 0 saturated carbocycles. The minimum absolute atomic E-state index is 0.0695. The number of halogens is 1. The van der Waals surface area contributed by atoms with Crippen molar-refractivity contribution in [2.45, 2.75) is 12.2 Å². The second-order valence-corrected chi connectivity index (χ2v) is 7.05. The molecule has 1 atom stereocenters. The molecule has 3 aromatic rings. The van der Waals surface area contributed by atoms with Gasteiger partial charge in [-0.3, -0.25) is 14.6 Å². The van der Waals surface area contributed by atoms with Crippen molar-refractivity contribution in [3.63, 3.8) is 0 Å². The molecule has 0 saturated heterocycles. The Labute approximate surface area is 157 Å². The normalized spacial score (nSPS) is 11.9. The topological polar surface area (TPSA) is 104 Å². The van der Waals surface area contributed by atoms with Crippen LogP contribution in [-0.4, -0.2) is 27.8 Å². The molecule has 1 unspecified atom stereocenters. The van der Waals surface area contributed by atoms with Crippen molar-refractivity contribution < 1.29 is 18.4 Å². The van der Waals surface area contributed by atoms with E-state index >= 15 is 0 Å². The summed E-state index contributed by atoms with van der Waals surface area (Å²) >= 11 is 1.17. The highest BCUT2D eigenvalue weighted by molar-refractivity contribution is 8.01. The molecule has 3 rings (SSSR count). The number of aromatic amines is 1. The second-order valence-electron chi connectivity index (χ2n) is 5.72. The van der Waals surface area contributed by atoms with E-state index in [0.29, 0.717) is 22.5 Å². The van der Waals surface area contributed by atoms with Gasteiger partial charge in [0, 0.05) is 11.4 Å². The molecule has 7 nitrogen and oxygen atoms in total. The first-order valence-corrected chi connectivity index (χ1v) is 9.06. The van der Waals surface area contributed by atoms with Gasteiger partial charge in [0.25, 0.3) is 0 Å². The molecule has 3 N–H and O–H groups in total. The first-order chi connectivity index (χ1) is 12.9. The fourth-order valence-electron chi connectivity index (χ4n) is 2.28. The fourth-order valence-corrected chi connectivity index (χ4v) is 2.96. The van der Waals surface area contributed by atoms with Crippen LogP contribution in [0.2, 0.25) is 0 Å². The minimum Gasteiger partial charge on any atom is -0.408 e. The molecule has 0 radical (unpaired) electrons. The zero-order chi connectivity index (χ0) is 19.4. The van der Waals surface area contributed by atoms with Crippen molar-refractivity contribution >= 4 is 46.1 Å². The molecular weight excluding hydrogens is 373 g/mol. The lowest BCUT2D eigenvalue weighted by atomic mass is 10.3. The molecule has 0 fully saturated rings. The molecule has 0 aliphatic rings. The van der Waals surface area contributed by atoms with E-state index in [-0.39, 0.29) is 23.4 Å². The van der Waals surface area contributed by atoms with Gasteiger partial charge < -0.3 is 15.1 Å². The van der Waals surface area contributed by atoms with Gasteiger partial charge in [-0.1, -0.05) is 0 Å². The van der Waals surface area contributed by atoms with E-state index in [2.05, 4.69) is 15.6 Å². The van der Waals surface area contributed by atoms with Gasteiger partial charge in [0.15, 0.2) is 5.58 Å². The zero-order valence-corrected chi connectivity index (χ0v) is 15.1. The molecular formula is C18H16FN3O4S. The lowest BCUT2D eigenvalue weighted by Crippen LogP contribution is -2.25. The van der Waals surface area contributed by atoms with E-state index in [4.69, 9.17) is 4.42 Å². The number of rotatable bonds is 6. The van der Waals surface area contributed by atoms with Crippen molar-refractivity contribution in [3.05, 3.63) is 58.8 Å². The Morgan fingerprint density at radius 3 is 2.59 bits per heavy atom. The highest BCUT2D eigenvalue weighted by Crippen LogP contribution is 2.19. The molecule has 140 valence electrons. The third-order valence-electron chi connectivity index (χ3n) is 3.65. The van der Waals surface area contributed by atoms with Crippen LogP contribution in [0.5, 0.6) is 0 Å². The number of hydrogen-bond acceptors (Lipinski definition) is 5. The molecule has 2 aromatic carbocycles. The van der Waals surface area contributed by atoms with Gasteiger partial charge in [-0.05, 0) is 49.4 Å². The summed E-state index contributed by atoms with van der Waals surface area (Å²) in [5, 5.41) is 4.88. The van der Waals surface area contributed by atoms with Gasteiger partial charge in [-0.25, -0.2) is 9.18 Å². The number of nitrogens with one attached hydrogen (secondary N) is 3. The van der Waals surface area contributed by atoms with Crippen LogP contribution >= 0.6 is 11.8 Å². The van der Waals surface area contributed by atoms with Crippen molar-refractivity contribution in [1.82, 2.24) is 4.98 Å². The fraction of sp³-hybridized carbons (Fsp3) is 0.167. The SMILES string of the molecule is CC(SCC(=O)Nc1ccc(F)cc1)C(=O)Nc1ccc2oc(=O)[nH]c2c1. The Bertz CT molecular complexity index is 1030. The molecule has 0 aliphatic heterocycles. The summed E-state index contributed by atoms with van der Waals surface area (Å²) in [5.41, 5.74) is 1.88. The maximum absolute atomic E-state index is 12.8. The summed E-state index contributed by atoms with van der Waals surface area (Å²) in [6, 6.07) is 10.2. The number of amides is 2. The predicted octanol–water partition coefficient (Wildman–Crippen LogP) is 2.96. The van der Waals surface area contributed by atoms with Crippen LogP contribution in [0.4, 0.5) is 15.8 Å². The van der Waals surface area contributed by atoms with Crippen molar-refractivity contribution in [2.75, 3.05) is 16.4 Å². The number of carbonyl (C=O) groups excluding carboxylic acids is 2. The third kappa shape index (κ3) is 4.98. The zero-order valence-electron chi connectivity index (χ0n) is 14.2. The summed E-state index contributed by atoms with van der Waals surface area (Å²) in [7, 11) is 0. The number of thioether (sulfide) groups is 1. The van der Waals surface area contributed by atoms with Crippen molar-refractivity contribution in [1.29, 1.82) is 0 Å². The molecule has 27 heavy (non-hydrogen) atoms. The molecule has 2 amide bonds. The van der Waals surface area contributed by atoms with E-state index in [1.807, 2.05) is 0 Å². The van der Waals surface area contributed by atoms with E-state index in [1.54, 1.807) is 25.1 Å². The Morgan fingerprint density at radius 2 is 1.85 bits per heavy atom. The Kier molecular flexibility index (Phi) is 5.60. The number of hydrogen-bond donors (Lipinski definition) is 3. The summed E-state index contributed by atoms with van der Waals surface area (Å²) in [6.07, 6.45) is 0. The highest BCUT2D eigenvalue weighted by atomic mass is 32.2. The second kappa shape index (κ2) is 8.09. The van der Waals surface area contributed by atoms with Crippen LogP contribution in [0, 0.1) is 5.82 Å². The standard InChI is InChI=1S/C18H16FN3O4S/c1-10(27-9-16(23)20-12-4-2-11(19)3-5-12)17(24)21-13-6-7-15-14(8-13)22-18(25)26-15/h2-8,10H,9H2,1H3,(H,20,23)(H,21,24)(H,22,25). The molecule has 0 aliphatic carbocycles. The summed E-state index contributed by atoms with van der Waals surface area (Å²) < 4.78 is 17.8.